The van der Waals surface area contributed by atoms with Crippen LogP contribution in [0, 0.1) is 6.92 Å². The molecule has 13 nitrogen and oxygen atoms in total. The first-order chi connectivity index (χ1) is 22.3. The number of esters is 1. The van der Waals surface area contributed by atoms with E-state index in [1.807, 2.05) is 60.7 Å². The highest BCUT2D eigenvalue weighted by Crippen LogP contribution is 2.42. The number of nitrogens with two attached hydrogens (primary N) is 1. The Bertz CT molecular complexity index is 1770. The number of oxime groups is 1. The van der Waals surface area contributed by atoms with Crippen molar-refractivity contribution in [3.63, 3.8) is 0 Å². The molecule has 4 heterocycles. The van der Waals surface area contributed by atoms with E-state index in [9.17, 15) is 14.4 Å². The Hall–Kier alpha value is -4.67. The van der Waals surface area contributed by atoms with Crippen LogP contribution in [-0.2, 0) is 24.0 Å². The number of nitrogens with one attached hydrogen (secondary N) is 2. The molecular formula is C30H28N8O5S3. The second-order valence-corrected chi connectivity index (χ2v) is 13.0. The van der Waals surface area contributed by atoms with E-state index in [1.54, 1.807) is 12.3 Å². The summed E-state index contributed by atoms with van der Waals surface area (Å²) < 4.78 is 6.21. The number of thiazole rings is 1. The summed E-state index contributed by atoms with van der Waals surface area (Å²) in [6, 6.07) is 17.9. The average molecular weight is 677 g/mol. The Morgan fingerprint density at radius 2 is 1.85 bits per heavy atom. The molecule has 2 atom stereocenters. The summed E-state index contributed by atoms with van der Waals surface area (Å²) in [6.07, 6.45) is -0.717. The first-order valence-electron chi connectivity index (χ1n) is 14.0. The highest BCUT2D eigenvalue weighted by molar-refractivity contribution is 8.01. The Kier molecular flexibility index (Phi) is 9.37. The quantitative estimate of drug-likeness (QED) is 0.0698. The van der Waals surface area contributed by atoms with Crippen LogP contribution in [0.3, 0.4) is 0 Å². The minimum atomic E-state index is -0.928. The number of aromatic nitrogens is 4. The van der Waals surface area contributed by atoms with Gasteiger partial charge in [0.1, 0.15) is 35.7 Å². The van der Waals surface area contributed by atoms with Gasteiger partial charge in [-0.25, -0.2) is 14.8 Å². The monoisotopic (exact) mass is 676 g/mol. The summed E-state index contributed by atoms with van der Waals surface area (Å²) in [7, 11) is 1.30. The number of thioether (sulfide) groups is 2. The topological polar surface area (TPSA) is 178 Å². The van der Waals surface area contributed by atoms with Crippen molar-refractivity contribution in [3.05, 3.63) is 100.0 Å². The zero-order valence-electron chi connectivity index (χ0n) is 24.6. The van der Waals surface area contributed by atoms with E-state index in [0.717, 1.165) is 22.5 Å². The van der Waals surface area contributed by atoms with Crippen molar-refractivity contribution in [2.45, 2.75) is 29.6 Å². The van der Waals surface area contributed by atoms with Gasteiger partial charge in [-0.05, 0) is 23.6 Å². The Morgan fingerprint density at radius 3 is 2.43 bits per heavy atom. The lowest BCUT2D eigenvalue weighted by Crippen LogP contribution is -2.71. The lowest BCUT2D eigenvalue weighted by molar-refractivity contribution is -0.154. The summed E-state index contributed by atoms with van der Waals surface area (Å²) >= 11 is 3.92. The fourth-order valence-electron chi connectivity index (χ4n) is 4.97. The van der Waals surface area contributed by atoms with Crippen molar-refractivity contribution in [1.29, 1.82) is 0 Å². The molecule has 236 valence electrons. The number of aromatic amines is 1. The van der Waals surface area contributed by atoms with E-state index in [0.29, 0.717) is 28.1 Å². The van der Waals surface area contributed by atoms with Crippen LogP contribution in [0.4, 0.5) is 5.13 Å². The fraction of sp³-hybridized carbons (Fsp3) is 0.233. The largest absolute Gasteiger partial charge is 0.448 e. The number of carbonyl (C=O) groups is 3. The molecule has 0 saturated carbocycles. The summed E-state index contributed by atoms with van der Waals surface area (Å²) in [4.78, 5) is 55.9. The minimum Gasteiger partial charge on any atom is -0.448 e. The highest BCUT2D eigenvalue weighted by atomic mass is 32.2. The summed E-state index contributed by atoms with van der Waals surface area (Å²) in [6.45, 7) is 1.80. The maximum Gasteiger partial charge on any atom is 0.356 e. The number of H-pyrrole nitrogens is 1. The number of carbonyl (C=O) groups excluding carboxylic acids is 3. The number of β-lactam (4-membered cyclic amide) rings is 1. The van der Waals surface area contributed by atoms with Gasteiger partial charge >= 0.3 is 5.97 Å². The molecule has 46 heavy (non-hydrogen) atoms. The van der Waals surface area contributed by atoms with Crippen LogP contribution in [0.1, 0.15) is 28.7 Å². The number of hydrogen-bond acceptors (Lipinski definition) is 13. The van der Waals surface area contributed by atoms with Crippen LogP contribution in [0.2, 0.25) is 0 Å². The third-order valence-electron chi connectivity index (χ3n) is 7.07. The van der Waals surface area contributed by atoms with Gasteiger partial charge in [-0.1, -0.05) is 77.6 Å². The molecular weight excluding hydrogens is 649 g/mol. The van der Waals surface area contributed by atoms with Crippen molar-refractivity contribution in [2.24, 2.45) is 5.16 Å². The van der Waals surface area contributed by atoms with E-state index in [-0.39, 0.29) is 22.2 Å². The Labute approximate surface area is 276 Å². The molecule has 1 fully saturated rings. The fourth-order valence-corrected chi connectivity index (χ4v) is 7.85. The van der Waals surface area contributed by atoms with E-state index >= 15 is 0 Å². The van der Waals surface area contributed by atoms with Crippen LogP contribution in [0.15, 0.2) is 87.6 Å². The van der Waals surface area contributed by atoms with E-state index < -0.39 is 35.3 Å². The normalized spacial score (nSPS) is 17.8. The molecule has 0 bridgehead atoms. The number of amides is 2. The molecule has 6 rings (SSSR count). The number of benzene rings is 2. The second-order valence-electron chi connectivity index (χ2n) is 10.1. The highest BCUT2D eigenvalue weighted by Gasteiger charge is 2.55. The van der Waals surface area contributed by atoms with Gasteiger partial charge in [0.05, 0.1) is 0 Å². The number of nitrogen functional groups attached to an aromatic ring is 1. The number of ether oxygens (including phenoxy) is 1. The molecule has 4 aromatic rings. The standard InChI is InChI=1S/C30H28N8O5S3/c1-16-32-30(36-35-16)46-14-19-13-44-27-22(34-25(39)21(37-42-2)20-15-45-29(31)33-20)26(40)38(27)23(19)28(41)43-24(17-9-5-3-6-10-17)18-11-7-4-8-12-18/h3-12,15,22,24,27H,13-14H2,1-2H3,(H2,31,33)(H,34,39)(H,32,35,36)/b37-21+/t22-,27?/m1/s1. The zero-order valence-corrected chi connectivity index (χ0v) is 27.0. The summed E-state index contributed by atoms with van der Waals surface area (Å²) in [5, 5.41) is 15.3. The van der Waals surface area contributed by atoms with Gasteiger partial charge in [0.15, 0.2) is 16.9 Å². The van der Waals surface area contributed by atoms with Crippen LogP contribution >= 0.6 is 34.9 Å². The van der Waals surface area contributed by atoms with Crippen molar-refractivity contribution >= 4 is 63.5 Å². The number of fused-ring (bicyclic) bond motifs is 1. The minimum absolute atomic E-state index is 0.120. The molecule has 2 amide bonds. The van der Waals surface area contributed by atoms with Gasteiger partial charge in [-0.2, -0.15) is 0 Å². The number of nitrogens with zero attached hydrogens (tertiary/aromatic N) is 5. The molecule has 2 aromatic carbocycles. The number of anilines is 1. The molecule has 2 aliphatic rings. The van der Waals surface area contributed by atoms with E-state index in [2.05, 4.69) is 30.6 Å². The SMILES string of the molecule is CO/N=C(/C(=O)N[C@@H]1C(=O)N2C(C(=O)OC(c3ccccc3)c3ccccc3)=C(CSc3n[nH]c(C)n3)CSC12)c1csc(N)n1. The molecule has 2 aromatic heterocycles. The predicted molar refractivity (Wildman–Crippen MR) is 175 cm³/mol. The van der Waals surface area contributed by atoms with Crippen molar-refractivity contribution in [2.75, 3.05) is 24.3 Å². The van der Waals surface area contributed by atoms with Gasteiger partial charge in [0.25, 0.3) is 11.8 Å². The van der Waals surface area contributed by atoms with Gasteiger partial charge in [-0.3, -0.25) is 19.6 Å². The molecule has 0 spiro atoms. The lowest BCUT2D eigenvalue weighted by atomic mass is 10.0. The smallest absolute Gasteiger partial charge is 0.356 e. The van der Waals surface area contributed by atoms with Crippen molar-refractivity contribution in [1.82, 2.24) is 30.4 Å². The molecule has 1 saturated heterocycles. The zero-order chi connectivity index (χ0) is 32.2. The van der Waals surface area contributed by atoms with E-state index in [1.165, 1.54) is 35.5 Å². The summed E-state index contributed by atoms with van der Waals surface area (Å²) in [5.74, 6) is -0.351. The maximum atomic E-state index is 14.2. The first kappa shape index (κ1) is 31.3. The first-order valence-corrected chi connectivity index (χ1v) is 16.9. The van der Waals surface area contributed by atoms with Gasteiger partial charge in [0.2, 0.25) is 5.16 Å². The third kappa shape index (κ3) is 6.49. The molecule has 16 heteroatoms. The summed E-state index contributed by atoms with van der Waals surface area (Å²) in [5.41, 5.74) is 8.25. The van der Waals surface area contributed by atoms with Crippen molar-refractivity contribution in [3.8, 4) is 0 Å². The van der Waals surface area contributed by atoms with Crippen molar-refractivity contribution < 1.29 is 24.0 Å². The number of hydrogen-bond donors (Lipinski definition) is 3. The number of aryl methyl sites for hydroxylation is 1. The Balaban J connectivity index is 1.28. The number of rotatable bonds is 11. The Morgan fingerprint density at radius 1 is 1.15 bits per heavy atom. The van der Waals surface area contributed by atoms with Crippen LogP contribution in [-0.4, -0.2) is 78.6 Å². The van der Waals surface area contributed by atoms with Crippen LogP contribution in [0.5, 0.6) is 0 Å². The van der Waals surface area contributed by atoms with E-state index in [4.69, 9.17) is 15.3 Å². The van der Waals surface area contributed by atoms with Gasteiger partial charge in [0, 0.05) is 16.9 Å². The molecule has 4 N–H and O–H groups in total. The second kappa shape index (κ2) is 13.8. The molecule has 1 unspecified atom stereocenters. The van der Waals surface area contributed by atoms with Gasteiger partial charge in [-0.15, -0.1) is 28.2 Å². The average Bonchev–Trinajstić information content (AvgIpc) is 3.71. The third-order valence-corrected chi connectivity index (χ3v) is 10.0. The maximum absolute atomic E-state index is 14.2. The molecule has 0 radical (unpaired) electrons. The van der Waals surface area contributed by atoms with Gasteiger partial charge < -0.3 is 20.6 Å². The molecule has 2 aliphatic heterocycles. The lowest BCUT2D eigenvalue weighted by Gasteiger charge is -2.49. The van der Waals surface area contributed by atoms with Crippen LogP contribution < -0.4 is 11.1 Å². The predicted octanol–water partition coefficient (Wildman–Crippen LogP) is 3.28. The molecule has 0 aliphatic carbocycles. The van der Waals surface area contributed by atoms with Crippen LogP contribution in [0.25, 0.3) is 0 Å².